The van der Waals surface area contributed by atoms with Crippen LogP contribution < -0.4 is 15.8 Å². The number of nitrogens with zero attached hydrogens (tertiary/aromatic N) is 5. The Kier molecular flexibility index (Phi) is 6.31. The van der Waals surface area contributed by atoms with Crippen molar-refractivity contribution in [2.75, 3.05) is 25.9 Å². The monoisotopic (exact) mass is 437 g/mol. The Bertz CT molecular complexity index is 1210. The Hall–Kier alpha value is -3.92. The molecule has 164 valence electrons. The molecule has 4 rings (SSSR count). The summed E-state index contributed by atoms with van der Waals surface area (Å²) in [5.74, 6) is -2.13. The number of anilines is 1. The Labute approximate surface area is 183 Å². The average molecular weight is 437 g/mol. The molecule has 0 radical (unpaired) electrons. The van der Waals surface area contributed by atoms with Gasteiger partial charge in [-0.05, 0) is 54.2 Å². The van der Waals surface area contributed by atoms with Gasteiger partial charge in [-0.15, -0.1) is 5.10 Å². The van der Waals surface area contributed by atoms with Crippen LogP contribution in [0.5, 0.6) is 5.75 Å². The highest BCUT2D eigenvalue weighted by Crippen LogP contribution is 2.31. The van der Waals surface area contributed by atoms with E-state index >= 15 is 0 Å². The highest BCUT2D eigenvalue weighted by Gasteiger charge is 2.22. The van der Waals surface area contributed by atoms with E-state index in [4.69, 9.17) is 10.5 Å². The van der Waals surface area contributed by atoms with Crippen LogP contribution in [0.4, 0.5) is 14.6 Å². The molecule has 0 atom stereocenters. The number of hydrogen-bond acceptors (Lipinski definition) is 7. The Morgan fingerprint density at radius 1 is 1.06 bits per heavy atom. The van der Waals surface area contributed by atoms with Gasteiger partial charge in [-0.3, -0.25) is 0 Å². The van der Waals surface area contributed by atoms with Gasteiger partial charge in [0.05, 0.1) is 12.2 Å². The van der Waals surface area contributed by atoms with Gasteiger partial charge in [-0.1, -0.05) is 30.3 Å². The standard InChI is InChI=1S/C22H21F2N7O/c1-26-10-5-11-32-18-9-8-17(19(23)20(18)24)31-22(28-29-30-31)16-12-15(13-27-21(16)25)14-6-3-2-4-7-14/h2-4,6-9,12-13,26H,5,10-11H2,1H3,(H2,25,27). The highest BCUT2D eigenvalue weighted by atomic mass is 19.2. The summed E-state index contributed by atoms with van der Waals surface area (Å²) in [4.78, 5) is 4.23. The van der Waals surface area contributed by atoms with E-state index in [2.05, 4.69) is 25.8 Å². The molecule has 2 aromatic carbocycles. The van der Waals surface area contributed by atoms with Gasteiger partial charge in [0.1, 0.15) is 11.5 Å². The fraction of sp³-hybridized carbons (Fsp3) is 0.182. The molecular formula is C22H21F2N7O. The van der Waals surface area contributed by atoms with Crippen LogP contribution in [0.1, 0.15) is 6.42 Å². The van der Waals surface area contributed by atoms with E-state index < -0.39 is 11.6 Å². The molecule has 0 amide bonds. The summed E-state index contributed by atoms with van der Waals surface area (Å²) in [5.41, 5.74) is 7.98. The van der Waals surface area contributed by atoms with Gasteiger partial charge < -0.3 is 15.8 Å². The van der Waals surface area contributed by atoms with Crippen molar-refractivity contribution < 1.29 is 13.5 Å². The van der Waals surface area contributed by atoms with Gasteiger partial charge in [-0.2, -0.15) is 9.07 Å². The van der Waals surface area contributed by atoms with Crippen molar-refractivity contribution in [3.8, 4) is 34.0 Å². The number of pyridine rings is 1. The molecule has 0 aliphatic heterocycles. The lowest BCUT2D eigenvalue weighted by Gasteiger charge is -2.12. The van der Waals surface area contributed by atoms with E-state index in [1.165, 1.54) is 12.1 Å². The first-order chi connectivity index (χ1) is 15.6. The first-order valence-electron chi connectivity index (χ1n) is 9.95. The molecule has 10 heteroatoms. The van der Waals surface area contributed by atoms with Crippen LogP contribution in [0.15, 0.2) is 54.7 Å². The highest BCUT2D eigenvalue weighted by molar-refractivity contribution is 5.76. The molecule has 32 heavy (non-hydrogen) atoms. The normalized spacial score (nSPS) is 11.0. The molecule has 4 aromatic rings. The van der Waals surface area contributed by atoms with E-state index in [0.29, 0.717) is 18.5 Å². The van der Waals surface area contributed by atoms with Crippen molar-refractivity contribution in [1.29, 1.82) is 0 Å². The van der Waals surface area contributed by atoms with Crippen LogP contribution in [-0.2, 0) is 0 Å². The lowest BCUT2D eigenvalue weighted by atomic mass is 10.1. The minimum Gasteiger partial charge on any atom is -0.490 e. The fourth-order valence-corrected chi connectivity index (χ4v) is 3.19. The Morgan fingerprint density at radius 2 is 1.88 bits per heavy atom. The third-order valence-corrected chi connectivity index (χ3v) is 4.82. The summed E-state index contributed by atoms with van der Waals surface area (Å²) < 4.78 is 36.0. The van der Waals surface area contributed by atoms with Crippen molar-refractivity contribution in [3.05, 3.63) is 66.4 Å². The zero-order valence-electron chi connectivity index (χ0n) is 17.3. The number of ether oxygens (including phenoxy) is 1. The van der Waals surface area contributed by atoms with Crippen LogP contribution in [-0.4, -0.2) is 45.4 Å². The van der Waals surface area contributed by atoms with E-state index in [0.717, 1.165) is 15.8 Å². The summed E-state index contributed by atoms with van der Waals surface area (Å²) in [6.45, 7) is 0.953. The maximum absolute atomic E-state index is 14.9. The molecule has 8 nitrogen and oxygen atoms in total. The molecule has 3 N–H and O–H groups in total. The SMILES string of the molecule is CNCCCOc1ccc(-n2nnnc2-c2cc(-c3ccccc3)cnc2N)c(F)c1F. The largest absolute Gasteiger partial charge is 0.490 e. The molecule has 0 unspecified atom stereocenters. The zero-order chi connectivity index (χ0) is 22.5. The Morgan fingerprint density at radius 3 is 2.66 bits per heavy atom. The van der Waals surface area contributed by atoms with Crippen LogP contribution >= 0.6 is 0 Å². The van der Waals surface area contributed by atoms with E-state index in [1.807, 2.05) is 30.3 Å². The minimum atomic E-state index is -1.13. The quantitative estimate of drug-likeness (QED) is 0.408. The second kappa shape index (κ2) is 9.48. The molecule has 0 saturated heterocycles. The van der Waals surface area contributed by atoms with Crippen molar-refractivity contribution in [3.63, 3.8) is 0 Å². The van der Waals surface area contributed by atoms with Gasteiger partial charge in [0.25, 0.3) is 0 Å². The number of nitrogens with one attached hydrogen (secondary N) is 1. The number of nitrogens with two attached hydrogens (primary N) is 1. The van der Waals surface area contributed by atoms with Gasteiger partial charge in [-0.25, -0.2) is 9.37 Å². The predicted molar refractivity (Wildman–Crippen MR) is 116 cm³/mol. The van der Waals surface area contributed by atoms with Crippen molar-refractivity contribution >= 4 is 5.82 Å². The number of nitrogen functional groups attached to an aromatic ring is 1. The third-order valence-electron chi connectivity index (χ3n) is 4.82. The topological polar surface area (TPSA) is 104 Å². The molecule has 0 aliphatic carbocycles. The second-order valence-corrected chi connectivity index (χ2v) is 6.95. The molecule has 0 fully saturated rings. The summed E-state index contributed by atoms with van der Waals surface area (Å²) >= 11 is 0. The third kappa shape index (κ3) is 4.26. The number of tetrazole rings is 1. The van der Waals surface area contributed by atoms with Crippen LogP contribution in [0.2, 0.25) is 0 Å². The van der Waals surface area contributed by atoms with Crippen molar-refractivity contribution in [2.45, 2.75) is 6.42 Å². The van der Waals surface area contributed by atoms with Crippen LogP contribution in [0, 0.1) is 11.6 Å². The fourth-order valence-electron chi connectivity index (χ4n) is 3.19. The Balaban J connectivity index is 1.70. The maximum Gasteiger partial charge on any atom is 0.202 e. The summed E-state index contributed by atoms with van der Waals surface area (Å²) in [7, 11) is 1.80. The number of hydrogen-bond donors (Lipinski definition) is 2. The maximum atomic E-state index is 14.9. The number of benzene rings is 2. The predicted octanol–water partition coefficient (Wildman–Crippen LogP) is 3.24. The molecule has 2 heterocycles. The lowest BCUT2D eigenvalue weighted by Crippen LogP contribution is -2.12. The minimum absolute atomic E-state index is 0.133. The number of aromatic nitrogens is 5. The number of rotatable bonds is 8. The van der Waals surface area contributed by atoms with E-state index in [1.54, 1.807) is 19.3 Å². The van der Waals surface area contributed by atoms with Crippen molar-refractivity contribution in [1.82, 2.24) is 30.5 Å². The second-order valence-electron chi connectivity index (χ2n) is 6.95. The first-order valence-corrected chi connectivity index (χ1v) is 9.95. The molecule has 0 bridgehead atoms. The smallest absolute Gasteiger partial charge is 0.202 e. The first kappa shape index (κ1) is 21.3. The van der Waals surface area contributed by atoms with Crippen LogP contribution in [0.25, 0.3) is 28.2 Å². The van der Waals surface area contributed by atoms with Gasteiger partial charge in [0, 0.05) is 11.8 Å². The van der Waals surface area contributed by atoms with E-state index in [9.17, 15) is 8.78 Å². The van der Waals surface area contributed by atoms with Crippen molar-refractivity contribution in [2.24, 2.45) is 0 Å². The average Bonchev–Trinajstić information content (AvgIpc) is 3.29. The van der Waals surface area contributed by atoms with Gasteiger partial charge in [0.15, 0.2) is 17.4 Å². The molecule has 0 aliphatic rings. The van der Waals surface area contributed by atoms with E-state index in [-0.39, 0.29) is 29.7 Å². The molecule has 2 aromatic heterocycles. The summed E-state index contributed by atoms with van der Waals surface area (Å²) in [6, 6.07) is 14.0. The van der Waals surface area contributed by atoms with Gasteiger partial charge >= 0.3 is 0 Å². The molecule has 0 spiro atoms. The zero-order valence-corrected chi connectivity index (χ0v) is 17.3. The molecule has 0 saturated carbocycles. The summed E-state index contributed by atoms with van der Waals surface area (Å²) in [6.07, 6.45) is 2.28. The number of halogens is 2. The van der Waals surface area contributed by atoms with Crippen LogP contribution in [0.3, 0.4) is 0 Å². The van der Waals surface area contributed by atoms with Gasteiger partial charge in [0.2, 0.25) is 5.82 Å². The molecular weight excluding hydrogens is 416 g/mol. The summed E-state index contributed by atoms with van der Waals surface area (Å²) in [5, 5.41) is 14.4. The lowest BCUT2D eigenvalue weighted by molar-refractivity contribution is 0.289.